The van der Waals surface area contributed by atoms with Crippen LogP contribution in [0.2, 0.25) is 0 Å². The maximum Gasteiger partial charge on any atom is 0.133 e. The van der Waals surface area contributed by atoms with E-state index in [2.05, 4.69) is 14.8 Å². The Morgan fingerprint density at radius 3 is 3.18 bits per heavy atom. The van der Waals surface area contributed by atoms with Crippen LogP contribution in [0.3, 0.4) is 0 Å². The normalized spacial score (nSPS) is 23.3. The predicted molar refractivity (Wildman–Crippen MR) is 41.1 cm³/mol. The Labute approximate surface area is 65.4 Å². The van der Waals surface area contributed by atoms with Gasteiger partial charge >= 0.3 is 0 Å². The molecule has 2 heterocycles. The van der Waals surface area contributed by atoms with Gasteiger partial charge in [-0.3, -0.25) is 0 Å². The second kappa shape index (κ2) is 2.30. The molecule has 1 aliphatic rings. The highest BCUT2D eigenvalue weighted by Crippen LogP contribution is 2.12. The van der Waals surface area contributed by atoms with Crippen LogP contribution in [0.25, 0.3) is 0 Å². The number of nitrogens with two attached hydrogens (primary N) is 1. The smallest absolute Gasteiger partial charge is 0.133 e. The molecular formula is C7H12N4. The van der Waals surface area contributed by atoms with E-state index in [4.69, 9.17) is 5.73 Å². The molecule has 1 aliphatic heterocycles. The molecule has 0 saturated carbocycles. The molecule has 0 aliphatic carbocycles. The maximum absolute atomic E-state index is 5.80. The monoisotopic (exact) mass is 152 g/mol. The molecule has 1 aromatic rings. The lowest BCUT2D eigenvalue weighted by Gasteiger charge is -2.19. The third-order valence-electron chi connectivity index (χ3n) is 2.17. The van der Waals surface area contributed by atoms with Gasteiger partial charge in [0.25, 0.3) is 0 Å². The SMILES string of the molecule is Cc1nnc2n1CC(N)CC2. The Hall–Kier alpha value is -0.900. The van der Waals surface area contributed by atoms with Gasteiger partial charge < -0.3 is 10.3 Å². The lowest BCUT2D eigenvalue weighted by Crippen LogP contribution is -2.32. The molecule has 4 heteroatoms. The Kier molecular flexibility index (Phi) is 1.42. The zero-order valence-corrected chi connectivity index (χ0v) is 6.62. The maximum atomic E-state index is 5.80. The van der Waals surface area contributed by atoms with Gasteiger partial charge in [0.15, 0.2) is 0 Å². The van der Waals surface area contributed by atoms with E-state index in [9.17, 15) is 0 Å². The van der Waals surface area contributed by atoms with Crippen LogP contribution < -0.4 is 5.73 Å². The molecule has 4 nitrogen and oxygen atoms in total. The fraction of sp³-hybridized carbons (Fsp3) is 0.714. The minimum atomic E-state index is 0.289. The zero-order valence-electron chi connectivity index (χ0n) is 6.62. The molecule has 2 rings (SSSR count). The van der Waals surface area contributed by atoms with Crippen LogP contribution in [-0.2, 0) is 13.0 Å². The Morgan fingerprint density at radius 1 is 1.55 bits per heavy atom. The lowest BCUT2D eigenvalue weighted by molar-refractivity contribution is 0.448. The van der Waals surface area contributed by atoms with Crippen molar-refractivity contribution in [2.75, 3.05) is 0 Å². The van der Waals surface area contributed by atoms with Crippen molar-refractivity contribution < 1.29 is 0 Å². The minimum absolute atomic E-state index is 0.289. The van der Waals surface area contributed by atoms with Gasteiger partial charge in [0.2, 0.25) is 0 Å². The number of hydrogen-bond donors (Lipinski definition) is 1. The summed E-state index contributed by atoms with van der Waals surface area (Å²) < 4.78 is 2.11. The molecule has 11 heavy (non-hydrogen) atoms. The van der Waals surface area contributed by atoms with Crippen LogP contribution in [0.15, 0.2) is 0 Å². The number of aromatic nitrogens is 3. The van der Waals surface area contributed by atoms with Crippen LogP contribution in [0.5, 0.6) is 0 Å². The second-order valence-electron chi connectivity index (χ2n) is 3.07. The first-order chi connectivity index (χ1) is 5.27. The third-order valence-corrected chi connectivity index (χ3v) is 2.17. The van der Waals surface area contributed by atoms with Gasteiger partial charge in [-0.05, 0) is 13.3 Å². The van der Waals surface area contributed by atoms with Crippen LogP contribution in [0.4, 0.5) is 0 Å². The lowest BCUT2D eigenvalue weighted by atomic mass is 10.1. The van der Waals surface area contributed by atoms with Crippen LogP contribution >= 0.6 is 0 Å². The number of rotatable bonds is 0. The summed E-state index contributed by atoms with van der Waals surface area (Å²) >= 11 is 0. The van der Waals surface area contributed by atoms with Crippen molar-refractivity contribution in [2.24, 2.45) is 5.73 Å². The van der Waals surface area contributed by atoms with Crippen LogP contribution in [-0.4, -0.2) is 20.8 Å². The zero-order chi connectivity index (χ0) is 7.84. The summed E-state index contributed by atoms with van der Waals surface area (Å²) in [5.74, 6) is 2.07. The van der Waals surface area contributed by atoms with E-state index in [0.29, 0.717) is 0 Å². The van der Waals surface area contributed by atoms with Gasteiger partial charge in [-0.25, -0.2) is 0 Å². The summed E-state index contributed by atoms with van der Waals surface area (Å²) in [4.78, 5) is 0. The van der Waals surface area contributed by atoms with Crippen molar-refractivity contribution in [3.63, 3.8) is 0 Å². The molecule has 1 aromatic heterocycles. The molecule has 1 atom stereocenters. The first-order valence-corrected chi connectivity index (χ1v) is 3.91. The molecule has 60 valence electrons. The largest absolute Gasteiger partial charge is 0.326 e. The van der Waals surface area contributed by atoms with E-state index in [1.54, 1.807) is 0 Å². The average molecular weight is 152 g/mol. The van der Waals surface area contributed by atoms with Gasteiger partial charge in [-0.15, -0.1) is 10.2 Å². The third kappa shape index (κ3) is 1.03. The van der Waals surface area contributed by atoms with E-state index in [1.807, 2.05) is 6.92 Å². The first-order valence-electron chi connectivity index (χ1n) is 3.91. The molecule has 0 fully saturated rings. The molecule has 0 bridgehead atoms. The Bertz CT molecular complexity index is 265. The van der Waals surface area contributed by atoms with Gasteiger partial charge in [-0.2, -0.15) is 0 Å². The molecule has 0 aromatic carbocycles. The topological polar surface area (TPSA) is 56.7 Å². The summed E-state index contributed by atoms with van der Waals surface area (Å²) in [6, 6.07) is 0.289. The molecule has 1 unspecified atom stereocenters. The second-order valence-corrected chi connectivity index (χ2v) is 3.07. The summed E-state index contributed by atoms with van der Waals surface area (Å²) in [5, 5.41) is 8.04. The van der Waals surface area contributed by atoms with E-state index in [0.717, 1.165) is 31.0 Å². The standard InChI is InChI=1S/C7H12N4/c1-5-9-10-7-3-2-6(8)4-11(5)7/h6H,2-4,8H2,1H3. The van der Waals surface area contributed by atoms with Crippen molar-refractivity contribution in [2.45, 2.75) is 32.4 Å². The molecule has 0 saturated heterocycles. The highest BCUT2D eigenvalue weighted by molar-refractivity contribution is 4.98. The molecule has 0 spiro atoms. The summed E-state index contributed by atoms with van der Waals surface area (Å²) in [6.07, 6.45) is 2.01. The quantitative estimate of drug-likeness (QED) is 0.563. The van der Waals surface area contributed by atoms with Gasteiger partial charge in [0.05, 0.1) is 0 Å². The highest BCUT2D eigenvalue weighted by atomic mass is 15.3. The van der Waals surface area contributed by atoms with Crippen LogP contribution in [0, 0.1) is 6.92 Å². The van der Waals surface area contributed by atoms with E-state index in [-0.39, 0.29) is 6.04 Å². The predicted octanol–water partition coefficient (Wildman–Crippen LogP) is -0.140. The average Bonchev–Trinajstić information content (AvgIpc) is 2.33. The van der Waals surface area contributed by atoms with Crippen molar-refractivity contribution in [1.29, 1.82) is 0 Å². The fourth-order valence-electron chi connectivity index (χ4n) is 1.49. The van der Waals surface area contributed by atoms with Gasteiger partial charge in [0.1, 0.15) is 11.6 Å². The number of fused-ring (bicyclic) bond motifs is 1. The number of hydrogen-bond acceptors (Lipinski definition) is 3. The first kappa shape index (κ1) is 6.79. The summed E-state index contributed by atoms with van der Waals surface area (Å²) in [7, 11) is 0. The van der Waals surface area contributed by atoms with Gasteiger partial charge in [-0.1, -0.05) is 0 Å². The van der Waals surface area contributed by atoms with E-state index in [1.165, 1.54) is 0 Å². The fourth-order valence-corrected chi connectivity index (χ4v) is 1.49. The number of nitrogens with zero attached hydrogens (tertiary/aromatic N) is 3. The number of aryl methyl sites for hydroxylation is 2. The molecular weight excluding hydrogens is 140 g/mol. The molecule has 2 N–H and O–H groups in total. The van der Waals surface area contributed by atoms with Gasteiger partial charge in [0, 0.05) is 19.0 Å². The summed E-state index contributed by atoms with van der Waals surface area (Å²) in [5.41, 5.74) is 5.80. The van der Waals surface area contributed by atoms with E-state index < -0.39 is 0 Å². The Balaban J connectivity index is 2.37. The van der Waals surface area contributed by atoms with Crippen molar-refractivity contribution >= 4 is 0 Å². The van der Waals surface area contributed by atoms with E-state index >= 15 is 0 Å². The Morgan fingerprint density at radius 2 is 2.36 bits per heavy atom. The molecule has 0 radical (unpaired) electrons. The van der Waals surface area contributed by atoms with Crippen molar-refractivity contribution in [3.05, 3.63) is 11.6 Å². The minimum Gasteiger partial charge on any atom is -0.326 e. The van der Waals surface area contributed by atoms with Crippen molar-refractivity contribution in [1.82, 2.24) is 14.8 Å². The highest BCUT2D eigenvalue weighted by Gasteiger charge is 2.17. The molecule has 0 amide bonds. The summed E-state index contributed by atoms with van der Waals surface area (Å²) in [6.45, 7) is 2.85. The van der Waals surface area contributed by atoms with Crippen LogP contribution in [0.1, 0.15) is 18.1 Å². The van der Waals surface area contributed by atoms with Crippen molar-refractivity contribution in [3.8, 4) is 0 Å².